The van der Waals surface area contributed by atoms with Crippen molar-refractivity contribution in [3.05, 3.63) is 144 Å². The molecule has 0 radical (unpaired) electrons. The molecule has 6 nitrogen and oxygen atoms in total. The van der Waals surface area contributed by atoms with Crippen molar-refractivity contribution in [1.29, 1.82) is 0 Å². The molecule has 208 valence electrons. The molecule has 2 unspecified atom stereocenters. The monoisotopic (exact) mass is 540 g/mol. The molecule has 0 saturated carbocycles. The summed E-state index contributed by atoms with van der Waals surface area (Å²) in [6.07, 6.45) is -3.72. The van der Waals surface area contributed by atoms with Gasteiger partial charge in [0, 0.05) is 0 Å². The summed E-state index contributed by atoms with van der Waals surface area (Å²) >= 11 is 0. The summed E-state index contributed by atoms with van der Waals surface area (Å²) in [6.45, 7) is 1.65. The standard InChI is InChI=1S/C34H36O6/c35-34-33(39-24-29-19-11-4-12-20-29)32(38-23-28-17-9-3-10-18-28)31(37-22-27-15-7-2-8-16-27)30(40-34)25-36-21-26-13-5-1-6-14-26/h1-20,30-35H,21-25H2/t30?,31-,32+,33?,34-/m1/s1. The summed E-state index contributed by atoms with van der Waals surface area (Å²) in [7, 11) is 0. The highest BCUT2D eigenvalue weighted by Gasteiger charge is 2.48. The lowest BCUT2D eigenvalue weighted by Gasteiger charge is -2.44. The van der Waals surface area contributed by atoms with E-state index in [1.54, 1.807) is 0 Å². The highest BCUT2D eigenvalue weighted by Crippen LogP contribution is 2.30. The average Bonchev–Trinajstić information content (AvgIpc) is 3.01. The quantitative estimate of drug-likeness (QED) is 0.236. The molecule has 5 rings (SSSR count). The first-order valence-corrected chi connectivity index (χ1v) is 13.7. The lowest BCUT2D eigenvalue weighted by Crippen LogP contribution is -2.61. The Bertz CT molecular complexity index is 1240. The first kappa shape index (κ1) is 28.2. The second-order valence-electron chi connectivity index (χ2n) is 9.85. The molecule has 1 heterocycles. The molecule has 1 aliphatic rings. The first-order chi connectivity index (χ1) is 19.8. The van der Waals surface area contributed by atoms with Gasteiger partial charge in [0.25, 0.3) is 0 Å². The third-order valence-corrected chi connectivity index (χ3v) is 6.86. The summed E-state index contributed by atoms with van der Waals surface area (Å²) < 4.78 is 31.4. The predicted molar refractivity (Wildman–Crippen MR) is 152 cm³/mol. The Hall–Kier alpha value is -3.36. The first-order valence-electron chi connectivity index (χ1n) is 13.7. The van der Waals surface area contributed by atoms with Gasteiger partial charge in [0.1, 0.15) is 24.4 Å². The van der Waals surface area contributed by atoms with Gasteiger partial charge in [-0.3, -0.25) is 0 Å². The minimum absolute atomic E-state index is 0.224. The third kappa shape index (κ3) is 8.08. The van der Waals surface area contributed by atoms with Crippen LogP contribution in [-0.4, -0.2) is 42.4 Å². The van der Waals surface area contributed by atoms with Crippen LogP contribution in [-0.2, 0) is 50.1 Å². The van der Waals surface area contributed by atoms with E-state index in [2.05, 4.69) is 0 Å². The molecule has 40 heavy (non-hydrogen) atoms. The van der Waals surface area contributed by atoms with Gasteiger partial charge < -0.3 is 28.8 Å². The van der Waals surface area contributed by atoms with Gasteiger partial charge in [-0.05, 0) is 22.3 Å². The molecule has 4 aromatic rings. The van der Waals surface area contributed by atoms with Gasteiger partial charge in [0.2, 0.25) is 0 Å². The number of rotatable bonds is 13. The van der Waals surface area contributed by atoms with E-state index in [-0.39, 0.29) is 6.61 Å². The van der Waals surface area contributed by atoms with Crippen molar-refractivity contribution in [1.82, 2.24) is 0 Å². The second kappa shape index (κ2) is 14.9. The molecule has 0 aliphatic carbocycles. The lowest BCUT2D eigenvalue weighted by atomic mass is 9.98. The van der Waals surface area contributed by atoms with E-state index in [4.69, 9.17) is 23.7 Å². The largest absolute Gasteiger partial charge is 0.374 e. The maximum Gasteiger partial charge on any atom is 0.184 e. The molecule has 0 spiro atoms. The van der Waals surface area contributed by atoms with Crippen LogP contribution in [0.5, 0.6) is 0 Å². The van der Waals surface area contributed by atoms with E-state index in [1.807, 2.05) is 121 Å². The summed E-state index contributed by atoms with van der Waals surface area (Å²) in [6, 6.07) is 39.7. The maximum atomic E-state index is 11.2. The van der Waals surface area contributed by atoms with Crippen molar-refractivity contribution in [2.75, 3.05) is 6.61 Å². The van der Waals surface area contributed by atoms with Gasteiger partial charge >= 0.3 is 0 Å². The van der Waals surface area contributed by atoms with Crippen molar-refractivity contribution < 1.29 is 28.8 Å². The lowest BCUT2D eigenvalue weighted by molar-refractivity contribution is -0.317. The summed E-state index contributed by atoms with van der Waals surface area (Å²) in [4.78, 5) is 0. The van der Waals surface area contributed by atoms with E-state index >= 15 is 0 Å². The van der Waals surface area contributed by atoms with Crippen LogP contribution in [0.3, 0.4) is 0 Å². The Morgan fingerprint density at radius 2 is 0.850 bits per heavy atom. The zero-order valence-corrected chi connectivity index (χ0v) is 22.5. The molecule has 1 fully saturated rings. The Morgan fingerprint density at radius 1 is 0.475 bits per heavy atom. The van der Waals surface area contributed by atoms with Gasteiger partial charge in [-0.15, -0.1) is 0 Å². The Kier molecular flexibility index (Phi) is 10.5. The van der Waals surface area contributed by atoms with Crippen LogP contribution < -0.4 is 0 Å². The fraction of sp³-hybridized carbons (Fsp3) is 0.294. The Balaban J connectivity index is 1.36. The topological polar surface area (TPSA) is 66.4 Å². The van der Waals surface area contributed by atoms with E-state index < -0.39 is 30.7 Å². The fourth-order valence-electron chi connectivity index (χ4n) is 4.77. The number of hydrogen-bond acceptors (Lipinski definition) is 6. The zero-order valence-electron chi connectivity index (χ0n) is 22.5. The number of aliphatic hydroxyl groups is 1. The zero-order chi connectivity index (χ0) is 27.4. The molecule has 1 N–H and O–H groups in total. The fourth-order valence-corrected chi connectivity index (χ4v) is 4.77. The van der Waals surface area contributed by atoms with Crippen LogP contribution in [0.1, 0.15) is 22.3 Å². The van der Waals surface area contributed by atoms with Gasteiger partial charge in [-0.25, -0.2) is 0 Å². The smallest absolute Gasteiger partial charge is 0.184 e. The third-order valence-electron chi connectivity index (χ3n) is 6.86. The van der Waals surface area contributed by atoms with Crippen molar-refractivity contribution >= 4 is 0 Å². The summed E-state index contributed by atoms with van der Waals surface area (Å²) in [5.41, 5.74) is 4.10. The summed E-state index contributed by atoms with van der Waals surface area (Å²) in [5, 5.41) is 11.2. The molecule has 1 saturated heterocycles. The van der Waals surface area contributed by atoms with Crippen LogP contribution in [0, 0.1) is 0 Å². The van der Waals surface area contributed by atoms with Gasteiger partial charge in [0.05, 0.1) is 33.0 Å². The normalized spacial score (nSPS) is 22.7. The van der Waals surface area contributed by atoms with Crippen molar-refractivity contribution in [2.45, 2.75) is 57.1 Å². The number of hydrogen-bond donors (Lipinski definition) is 1. The second-order valence-corrected chi connectivity index (χ2v) is 9.85. The summed E-state index contributed by atoms with van der Waals surface area (Å²) in [5.74, 6) is 0. The van der Waals surface area contributed by atoms with E-state index in [0.29, 0.717) is 26.4 Å². The molecular formula is C34H36O6. The number of aliphatic hydroxyl groups excluding tert-OH is 1. The Morgan fingerprint density at radius 3 is 1.30 bits per heavy atom. The van der Waals surface area contributed by atoms with Crippen LogP contribution in [0.15, 0.2) is 121 Å². The highest BCUT2D eigenvalue weighted by molar-refractivity contribution is 5.16. The van der Waals surface area contributed by atoms with Gasteiger partial charge in [0.15, 0.2) is 6.29 Å². The van der Waals surface area contributed by atoms with E-state index in [1.165, 1.54) is 0 Å². The van der Waals surface area contributed by atoms with Crippen LogP contribution in [0.4, 0.5) is 0 Å². The molecule has 0 aromatic heterocycles. The molecule has 1 aliphatic heterocycles. The average molecular weight is 541 g/mol. The molecule has 4 aromatic carbocycles. The van der Waals surface area contributed by atoms with Crippen LogP contribution in [0.2, 0.25) is 0 Å². The SMILES string of the molecule is O[C@@H]1OC(COCc2ccccc2)[C@@H](OCc2ccccc2)[C@H](OCc2ccccc2)C1OCc1ccccc1. The van der Waals surface area contributed by atoms with Crippen molar-refractivity contribution in [2.24, 2.45) is 0 Å². The van der Waals surface area contributed by atoms with Gasteiger partial charge in [-0.1, -0.05) is 121 Å². The van der Waals surface area contributed by atoms with Crippen molar-refractivity contribution in [3.8, 4) is 0 Å². The highest BCUT2D eigenvalue weighted by atomic mass is 16.7. The molecular weight excluding hydrogens is 504 g/mol. The molecule has 6 heteroatoms. The molecule has 5 atom stereocenters. The van der Waals surface area contributed by atoms with E-state index in [0.717, 1.165) is 22.3 Å². The predicted octanol–water partition coefficient (Wildman–Crippen LogP) is 5.68. The van der Waals surface area contributed by atoms with Crippen LogP contribution >= 0.6 is 0 Å². The minimum Gasteiger partial charge on any atom is -0.374 e. The minimum atomic E-state index is -1.22. The van der Waals surface area contributed by atoms with Gasteiger partial charge in [-0.2, -0.15) is 0 Å². The maximum absolute atomic E-state index is 11.2. The molecule has 0 amide bonds. The van der Waals surface area contributed by atoms with Crippen molar-refractivity contribution in [3.63, 3.8) is 0 Å². The number of benzene rings is 4. The molecule has 0 bridgehead atoms. The van der Waals surface area contributed by atoms with Crippen LogP contribution in [0.25, 0.3) is 0 Å². The Labute approximate surface area is 236 Å². The number of ether oxygens (including phenoxy) is 5. The van der Waals surface area contributed by atoms with E-state index in [9.17, 15) is 5.11 Å².